The number of hydrogen-bond donors (Lipinski definition) is 2. The van der Waals surface area contributed by atoms with Gasteiger partial charge in [-0.05, 0) is 75.5 Å². The largest absolute Gasteiger partial charge is 0.396 e. The first-order valence-corrected chi connectivity index (χ1v) is 12.5. The number of carbonyl (C=O) groups excluding carboxylic acids is 1. The summed E-state index contributed by atoms with van der Waals surface area (Å²) in [5.74, 6) is -0.118. The van der Waals surface area contributed by atoms with Crippen LogP contribution < -0.4 is 5.32 Å². The highest BCUT2D eigenvalue weighted by Crippen LogP contribution is 2.32. The Labute approximate surface area is 198 Å². The number of thiazole rings is 1. The molecular formula is C26H30FN3O2S. The maximum Gasteiger partial charge on any atom is 0.275 e. The van der Waals surface area contributed by atoms with Gasteiger partial charge in [0.15, 0.2) is 0 Å². The van der Waals surface area contributed by atoms with Gasteiger partial charge in [-0.1, -0.05) is 30.3 Å². The lowest BCUT2D eigenvalue weighted by atomic mass is 9.97. The fourth-order valence-corrected chi connectivity index (χ4v) is 5.24. The molecule has 0 unspecified atom stereocenters. The minimum atomic E-state index is -0.289. The molecule has 1 aliphatic heterocycles. The molecule has 1 saturated heterocycles. The van der Waals surface area contributed by atoms with Crippen LogP contribution in [-0.4, -0.2) is 47.1 Å². The van der Waals surface area contributed by atoms with E-state index in [1.54, 1.807) is 23.5 Å². The van der Waals surface area contributed by atoms with Crippen LogP contribution in [0.2, 0.25) is 0 Å². The Balaban J connectivity index is 1.35. The Kier molecular flexibility index (Phi) is 8.20. The number of unbranched alkanes of at least 4 members (excludes halogenated alkanes) is 2. The number of carbonyl (C=O) groups is 1. The first-order chi connectivity index (χ1) is 16.1. The Morgan fingerprint density at radius 3 is 2.61 bits per heavy atom. The van der Waals surface area contributed by atoms with Gasteiger partial charge in [-0.25, -0.2) is 9.37 Å². The maximum absolute atomic E-state index is 13.3. The van der Waals surface area contributed by atoms with Gasteiger partial charge in [0.05, 0.1) is 5.01 Å². The zero-order valence-corrected chi connectivity index (χ0v) is 19.5. The fraction of sp³-hybridized carbons (Fsp3) is 0.385. The third-order valence-electron chi connectivity index (χ3n) is 6.15. The highest BCUT2D eigenvalue weighted by atomic mass is 32.1. The summed E-state index contributed by atoms with van der Waals surface area (Å²) in [5, 5.41) is 14.8. The Morgan fingerprint density at radius 2 is 1.85 bits per heavy atom. The van der Waals surface area contributed by atoms with Crippen molar-refractivity contribution in [3.05, 3.63) is 70.4 Å². The highest BCUT2D eigenvalue weighted by Gasteiger charge is 2.24. The van der Waals surface area contributed by atoms with Crippen molar-refractivity contribution in [1.29, 1.82) is 0 Å². The molecule has 1 aliphatic rings. The number of halogens is 1. The Bertz CT molecular complexity index is 1050. The zero-order valence-electron chi connectivity index (χ0n) is 18.7. The molecule has 174 valence electrons. The van der Waals surface area contributed by atoms with E-state index in [1.807, 2.05) is 29.6 Å². The molecule has 1 amide bonds. The summed E-state index contributed by atoms with van der Waals surface area (Å²) in [7, 11) is 0. The Morgan fingerprint density at radius 1 is 1.09 bits per heavy atom. The van der Waals surface area contributed by atoms with Crippen LogP contribution in [0.3, 0.4) is 0 Å². The van der Waals surface area contributed by atoms with Crippen molar-refractivity contribution in [2.75, 3.05) is 31.6 Å². The predicted octanol–water partition coefficient (Wildman–Crippen LogP) is 5.54. The van der Waals surface area contributed by atoms with Gasteiger partial charge >= 0.3 is 0 Å². The number of aliphatic hydroxyl groups is 1. The number of piperidine rings is 1. The minimum absolute atomic E-state index is 0.228. The molecule has 2 heterocycles. The summed E-state index contributed by atoms with van der Waals surface area (Å²) in [6.07, 6.45) is 5.20. The van der Waals surface area contributed by atoms with Gasteiger partial charge in [0.25, 0.3) is 5.91 Å². The summed E-state index contributed by atoms with van der Waals surface area (Å²) in [4.78, 5) is 20.1. The van der Waals surface area contributed by atoms with E-state index in [-0.39, 0.29) is 18.3 Å². The molecule has 7 heteroatoms. The minimum Gasteiger partial charge on any atom is -0.396 e. The van der Waals surface area contributed by atoms with Gasteiger partial charge in [0.1, 0.15) is 11.5 Å². The second-order valence-corrected chi connectivity index (χ2v) is 9.37. The molecule has 3 aromatic rings. The predicted molar refractivity (Wildman–Crippen MR) is 131 cm³/mol. The van der Waals surface area contributed by atoms with Crippen LogP contribution in [0.1, 0.15) is 53.5 Å². The first kappa shape index (κ1) is 23.5. The van der Waals surface area contributed by atoms with Gasteiger partial charge in [0.2, 0.25) is 0 Å². The van der Waals surface area contributed by atoms with E-state index in [9.17, 15) is 9.18 Å². The number of nitrogens with zero attached hydrogens (tertiary/aromatic N) is 2. The third-order valence-corrected chi connectivity index (χ3v) is 7.16. The molecule has 1 aromatic heterocycles. The van der Waals surface area contributed by atoms with Crippen LogP contribution in [0, 0.1) is 5.82 Å². The van der Waals surface area contributed by atoms with Gasteiger partial charge in [0, 0.05) is 29.2 Å². The lowest BCUT2D eigenvalue weighted by molar-refractivity contribution is 0.102. The van der Waals surface area contributed by atoms with E-state index < -0.39 is 0 Å². The molecule has 0 radical (unpaired) electrons. The van der Waals surface area contributed by atoms with Gasteiger partial charge < -0.3 is 15.3 Å². The molecule has 2 N–H and O–H groups in total. The molecule has 0 spiro atoms. The number of aromatic nitrogens is 1. The molecule has 33 heavy (non-hydrogen) atoms. The quantitative estimate of drug-likeness (QED) is 0.405. The zero-order chi connectivity index (χ0) is 23.0. The van der Waals surface area contributed by atoms with Crippen LogP contribution in [0.15, 0.2) is 53.9 Å². The summed E-state index contributed by atoms with van der Waals surface area (Å²) in [6, 6.07) is 13.8. The summed E-state index contributed by atoms with van der Waals surface area (Å²) >= 11 is 1.56. The number of hydrogen-bond acceptors (Lipinski definition) is 5. The topological polar surface area (TPSA) is 65.5 Å². The summed E-state index contributed by atoms with van der Waals surface area (Å²) in [6.45, 7) is 3.47. The smallest absolute Gasteiger partial charge is 0.275 e. The molecular weight excluding hydrogens is 437 g/mol. The lowest BCUT2D eigenvalue weighted by Gasteiger charge is -2.31. The molecule has 5 nitrogen and oxygen atoms in total. The average Bonchev–Trinajstić information content (AvgIpc) is 3.34. The summed E-state index contributed by atoms with van der Waals surface area (Å²) < 4.78 is 13.3. The van der Waals surface area contributed by atoms with E-state index in [4.69, 9.17) is 5.11 Å². The molecule has 2 aromatic carbocycles. The van der Waals surface area contributed by atoms with Gasteiger partial charge in [-0.3, -0.25) is 4.79 Å². The normalized spacial score (nSPS) is 15.0. The first-order valence-electron chi connectivity index (χ1n) is 11.6. The molecule has 0 aliphatic carbocycles. The van der Waals surface area contributed by atoms with Crippen LogP contribution >= 0.6 is 11.3 Å². The van der Waals surface area contributed by atoms with Crippen molar-refractivity contribution >= 4 is 22.9 Å². The van der Waals surface area contributed by atoms with E-state index in [1.165, 1.54) is 12.1 Å². The van der Waals surface area contributed by atoms with Crippen molar-refractivity contribution in [3.8, 4) is 11.1 Å². The monoisotopic (exact) mass is 467 g/mol. The van der Waals surface area contributed by atoms with E-state index in [0.29, 0.717) is 17.3 Å². The van der Waals surface area contributed by atoms with Crippen molar-refractivity contribution in [2.24, 2.45) is 0 Å². The van der Waals surface area contributed by atoms with Crippen molar-refractivity contribution < 1.29 is 14.3 Å². The van der Waals surface area contributed by atoms with E-state index in [2.05, 4.69) is 15.2 Å². The van der Waals surface area contributed by atoms with Gasteiger partial charge in [-0.15, -0.1) is 11.3 Å². The molecule has 1 fully saturated rings. The van der Waals surface area contributed by atoms with Gasteiger partial charge in [-0.2, -0.15) is 0 Å². The number of para-hydroxylation sites is 1. The number of nitrogens with one attached hydrogen (secondary N) is 1. The van der Waals surface area contributed by atoms with E-state index in [0.717, 1.165) is 67.9 Å². The fourth-order valence-electron chi connectivity index (χ4n) is 4.27. The van der Waals surface area contributed by atoms with Crippen LogP contribution in [0.25, 0.3) is 11.1 Å². The van der Waals surface area contributed by atoms with Crippen LogP contribution in [0.4, 0.5) is 10.1 Å². The lowest BCUT2D eigenvalue weighted by Crippen LogP contribution is -2.33. The Hall–Kier alpha value is -2.61. The molecule has 4 rings (SSSR count). The number of rotatable bonds is 9. The van der Waals surface area contributed by atoms with Crippen molar-refractivity contribution in [1.82, 2.24) is 9.88 Å². The molecule has 0 atom stereocenters. The molecule has 0 bridgehead atoms. The number of amides is 1. The standard InChI is InChI=1S/C26H30FN3O2S/c27-21-10-8-19(9-11-21)22-6-2-3-7-23(22)28-25(32)24-18-33-26(29-24)20-12-15-30(16-13-20)14-4-1-5-17-31/h2-3,6-11,18,20,31H,1,4-5,12-17H2,(H,28,32). The number of aliphatic hydroxyl groups excluding tert-OH is 1. The van der Waals surface area contributed by atoms with Crippen molar-refractivity contribution in [2.45, 2.75) is 38.0 Å². The van der Waals surface area contributed by atoms with Crippen molar-refractivity contribution in [3.63, 3.8) is 0 Å². The second kappa shape index (κ2) is 11.5. The third kappa shape index (κ3) is 6.25. The number of benzene rings is 2. The summed E-state index contributed by atoms with van der Waals surface area (Å²) in [5.41, 5.74) is 2.80. The highest BCUT2D eigenvalue weighted by molar-refractivity contribution is 7.10. The number of likely N-dealkylation sites (tertiary alicyclic amines) is 1. The molecule has 0 saturated carbocycles. The number of anilines is 1. The maximum atomic E-state index is 13.3. The second-order valence-electron chi connectivity index (χ2n) is 8.48. The average molecular weight is 468 g/mol. The van der Waals surface area contributed by atoms with Crippen LogP contribution in [-0.2, 0) is 0 Å². The van der Waals surface area contributed by atoms with E-state index >= 15 is 0 Å². The van der Waals surface area contributed by atoms with Crippen LogP contribution in [0.5, 0.6) is 0 Å². The SMILES string of the molecule is O=C(Nc1ccccc1-c1ccc(F)cc1)c1csc(C2CCN(CCCCCO)CC2)n1.